The molecular formula is C10H14F2O4. The van der Waals surface area contributed by atoms with Crippen molar-refractivity contribution in [2.75, 3.05) is 13.3 Å². The van der Waals surface area contributed by atoms with Crippen LogP contribution in [0.4, 0.5) is 8.78 Å². The first-order valence-corrected chi connectivity index (χ1v) is 4.95. The van der Waals surface area contributed by atoms with Gasteiger partial charge >= 0.3 is 11.9 Å². The van der Waals surface area contributed by atoms with E-state index in [1.807, 2.05) is 0 Å². The zero-order valence-corrected chi connectivity index (χ0v) is 8.96. The Morgan fingerprint density at radius 3 is 2.19 bits per heavy atom. The Hall–Kier alpha value is -1.20. The number of carboxylic acids is 1. The van der Waals surface area contributed by atoms with Gasteiger partial charge in [0.25, 0.3) is 0 Å². The second kappa shape index (κ2) is 4.35. The van der Waals surface area contributed by atoms with Gasteiger partial charge in [-0.25, -0.2) is 8.78 Å². The summed E-state index contributed by atoms with van der Waals surface area (Å²) in [4.78, 5) is 22.1. The fourth-order valence-electron chi connectivity index (χ4n) is 1.29. The molecule has 1 rings (SSSR count). The average Bonchev–Trinajstić information content (AvgIpc) is 2.98. The molecule has 0 aliphatic heterocycles. The maximum Gasteiger partial charge on any atom is 0.310 e. The molecule has 0 radical (unpaired) electrons. The Bertz CT molecular complexity index is 295. The van der Waals surface area contributed by atoms with Crippen LogP contribution in [0.15, 0.2) is 0 Å². The van der Waals surface area contributed by atoms with Gasteiger partial charge in [-0.05, 0) is 19.8 Å². The van der Waals surface area contributed by atoms with Crippen molar-refractivity contribution >= 4 is 11.9 Å². The summed E-state index contributed by atoms with van der Waals surface area (Å²) in [5.41, 5.74) is -2.85. The number of carboxylic acid groups (broad SMARTS) is 1. The van der Waals surface area contributed by atoms with Crippen LogP contribution < -0.4 is 0 Å². The van der Waals surface area contributed by atoms with Gasteiger partial charge in [-0.1, -0.05) is 0 Å². The lowest BCUT2D eigenvalue weighted by Crippen LogP contribution is -2.37. The highest BCUT2D eigenvalue weighted by molar-refractivity contribution is 5.84. The second-order valence-electron chi connectivity index (χ2n) is 4.45. The van der Waals surface area contributed by atoms with Crippen LogP contribution >= 0.6 is 0 Å². The lowest BCUT2D eigenvalue weighted by molar-refractivity contribution is -0.166. The molecule has 0 heterocycles. The number of ether oxygens (including phenoxy) is 1. The lowest BCUT2D eigenvalue weighted by Gasteiger charge is -2.23. The number of aliphatic carboxylic acids is 1. The molecule has 6 heteroatoms. The minimum absolute atomic E-state index is 0.322. The molecule has 16 heavy (non-hydrogen) atoms. The van der Waals surface area contributed by atoms with Gasteiger partial charge in [0, 0.05) is 0 Å². The van der Waals surface area contributed by atoms with E-state index in [0.29, 0.717) is 12.8 Å². The Morgan fingerprint density at radius 2 is 1.88 bits per heavy atom. The summed E-state index contributed by atoms with van der Waals surface area (Å²) in [6.07, 6.45) is 0.483. The molecule has 1 saturated carbocycles. The van der Waals surface area contributed by atoms with Gasteiger partial charge in [0.1, 0.15) is 13.3 Å². The third-order valence-corrected chi connectivity index (χ3v) is 2.72. The topological polar surface area (TPSA) is 63.6 Å². The van der Waals surface area contributed by atoms with Gasteiger partial charge in [0.05, 0.1) is 11.8 Å². The summed E-state index contributed by atoms with van der Waals surface area (Å²) in [6.45, 7) is -1.13. The molecular weight excluding hydrogens is 222 g/mol. The number of hydrogen-bond acceptors (Lipinski definition) is 3. The van der Waals surface area contributed by atoms with E-state index in [4.69, 9.17) is 5.11 Å². The second-order valence-corrected chi connectivity index (χ2v) is 4.45. The minimum atomic E-state index is -1.79. The molecule has 0 bridgehead atoms. The van der Waals surface area contributed by atoms with Crippen molar-refractivity contribution in [3.8, 4) is 0 Å². The number of esters is 1. The molecule has 0 aromatic carbocycles. The number of hydrogen-bond donors (Lipinski definition) is 1. The molecule has 4 nitrogen and oxygen atoms in total. The fraction of sp³-hybridized carbons (Fsp3) is 0.800. The Labute approximate surface area is 91.6 Å². The molecule has 0 saturated heterocycles. The van der Waals surface area contributed by atoms with Crippen molar-refractivity contribution in [1.82, 2.24) is 0 Å². The summed E-state index contributed by atoms with van der Waals surface area (Å²) in [5.74, 6) is -1.93. The number of carbonyl (C=O) groups excluding carboxylic acids is 1. The van der Waals surface area contributed by atoms with Gasteiger partial charge in [0.2, 0.25) is 0 Å². The van der Waals surface area contributed by atoms with Crippen LogP contribution in [-0.2, 0) is 14.3 Å². The monoisotopic (exact) mass is 236 g/mol. The molecule has 0 aromatic heterocycles. The molecule has 0 aromatic rings. The molecule has 0 unspecified atom stereocenters. The summed E-state index contributed by atoms with van der Waals surface area (Å²) < 4.78 is 29.4. The molecule has 1 N–H and O–H groups in total. The normalized spacial score (nSPS) is 17.9. The van der Waals surface area contributed by atoms with Gasteiger partial charge in [0.15, 0.2) is 5.60 Å². The smallest absolute Gasteiger partial charge is 0.310 e. The van der Waals surface area contributed by atoms with E-state index in [9.17, 15) is 18.4 Å². The highest BCUT2D eigenvalue weighted by atomic mass is 19.1. The summed E-state index contributed by atoms with van der Waals surface area (Å²) in [6, 6.07) is 0. The Balaban J connectivity index is 2.51. The van der Waals surface area contributed by atoms with Crippen LogP contribution in [-0.4, -0.2) is 36.0 Å². The molecule has 92 valence electrons. The van der Waals surface area contributed by atoms with E-state index in [1.54, 1.807) is 0 Å². The van der Waals surface area contributed by atoms with E-state index >= 15 is 0 Å². The van der Waals surface area contributed by atoms with E-state index in [2.05, 4.69) is 4.74 Å². The maximum absolute atomic E-state index is 12.4. The van der Waals surface area contributed by atoms with Crippen molar-refractivity contribution in [3.05, 3.63) is 0 Å². The SMILES string of the molecule is CC(CF)(CF)OC(=O)CC1(C(=O)O)CC1. The first-order chi connectivity index (χ1) is 7.37. The standard InChI is InChI=1S/C10H14F2O4/c1-9(5-11,6-12)16-7(13)4-10(2-3-10)8(14)15/h2-6H2,1H3,(H,14,15). The van der Waals surface area contributed by atoms with Gasteiger partial charge in [-0.2, -0.15) is 0 Å². The Morgan fingerprint density at radius 1 is 1.38 bits per heavy atom. The van der Waals surface area contributed by atoms with Crippen LogP contribution in [0.1, 0.15) is 26.2 Å². The zero-order valence-electron chi connectivity index (χ0n) is 8.96. The quantitative estimate of drug-likeness (QED) is 0.709. The van der Waals surface area contributed by atoms with E-state index < -0.39 is 36.3 Å². The maximum atomic E-state index is 12.4. The van der Waals surface area contributed by atoms with Crippen LogP contribution in [0.3, 0.4) is 0 Å². The van der Waals surface area contributed by atoms with E-state index in [-0.39, 0.29) is 6.42 Å². The largest absolute Gasteiger partial charge is 0.481 e. The van der Waals surface area contributed by atoms with Crippen molar-refractivity contribution in [2.45, 2.75) is 31.8 Å². The van der Waals surface area contributed by atoms with Crippen molar-refractivity contribution in [1.29, 1.82) is 0 Å². The predicted octanol–water partition coefficient (Wildman–Crippen LogP) is 1.48. The van der Waals surface area contributed by atoms with Crippen molar-refractivity contribution < 1.29 is 28.2 Å². The van der Waals surface area contributed by atoms with Gasteiger partial charge < -0.3 is 9.84 Å². The van der Waals surface area contributed by atoms with E-state index in [1.165, 1.54) is 0 Å². The van der Waals surface area contributed by atoms with E-state index in [0.717, 1.165) is 6.92 Å². The van der Waals surface area contributed by atoms with Crippen LogP contribution in [0.5, 0.6) is 0 Å². The third kappa shape index (κ3) is 2.68. The van der Waals surface area contributed by atoms with Crippen LogP contribution in [0, 0.1) is 5.41 Å². The number of carbonyl (C=O) groups is 2. The lowest BCUT2D eigenvalue weighted by atomic mass is 10.0. The molecule has 1 fully saturated rings. The molecule has 0 amide bonds. The molecule has 1 aliphatic rings. The first-order valence-electron chi connectivity index (χ1n) is 4.95. The molecule has 0 atom stereocenters. The highest BCUT2D eigenvalue weighted by Crippen LogP contribution is 2.49. The fourth-order valence-corrected chi connectivity index (χ4v) is 1.29. The Kier molecular flexibility index (Phi) is 3.50. The van der Waals surface area contributed by atoms with Gasteiger partial charge in [-0.15, -0.1) is 0 Å². The first kappa shape index (κ1) is 12.9. The molecule has 0 spiro atoms. The number of halogens is 2. The van der Waals surface area contributed by atoms with Crippen LogP contribution in [0.25, 0.3) is 0 Å². The van der Waals surface area contributed by atoms with Crippen molar-refractivity contribution in [3.63, 3.8) is 0 Å². The summed E-state index contributed by atoms with van der Waals surface area (Å²) in [5, 5.41) is 8.81. The number of rotatable bonds is 6. The number of alkyl halides is 2. The predicted molar refractivity (Wildman–Crippen MR) is 50.4 cm³/mol. The molecule has 1 aliphatic carbocycles. The summed E-state index contributed by atoms with van der Waals surface area (Å²) >= 11 is 0. The summed E-state index contributed by atoms with van der Waals surface area (Å²) in [7, 11) is 0. The van der Waals surface area contributed by atoms with Crippen LogP contribution in [0.2, 0.25) is 0 Å². The average molecular weight is 236 g/mol. The zero-order chi connectivity index (χ0) is 12.4. The third-order valence-electron chi connectivity index (χ3n) is 2.72. The highest BCUT2D eigenvalue weighted by Gasteiger charge is 2.52. The van der Waals surface area contributed by atoms with Crippen molar-refractivity contribution in [2.24, 2.45) is 5.41 Å². The van der Waals surface area contributed by atoms with Gasteiger partial charge in [-0.3, -0.25) is 9.59 Å². The minimum Gasteiger partial charge on any atom is -0.481 e.